The number of rotatable bonds is 3. The summed E-state index contributed by atoms with van der Waals surface area (Å²) >= 11 is 0. The zero-order chi connectivity index (χ0) is 14.8. The number of carbonyl (C=O) groups is 1. The Hall–Kier alpha value is -2.17. The van der Waals surface area contributed by atoms with Gasteiger partial charge in [0, 0.05) is 11.5 Å². The average Bonchev–Trinajstić information content (AvgIpc) is 2.98. The van der Waals surface area contributed by atoms with E-state index in [0.717, 1.165) is 24.3 Å². The summed E-state index contributed by atoms with van der Waals surface area (Å²) in [6.45, 7) is 2.28. The van der Waals surface area contributed by atoms with Crippen LogP contribution in [0.4, 0.5) is 0 Å². The van der Waals surface area contributed by atoms with Crippen LogP contribution in [0.3, 0.4) is 0 Å². The molecule has 1 N–H and O–H groups in total. The van der Waals surface area contributed by atoms with Gasteiger partial charge in [-0.1, -0.05) is 6.92 Å². The maximum absolute atomic E-state index is 10.8. The fourth-order valence-corrected chi connectivity index (χ4v) is 2.78. The number of carboxylic acids is 1. The molecule has 0 aliphatic heterocycles. The van der Waals surface area contributed by atoms with Crippen molar-refractivity contribution >= 4 is 5.97 Å². The Labute approximate surface area is 123 Å². The fourth-order valence-electron chi connectivity index (χ4n) is 2.78. The molecule has 1 aromatic carbocycles. The van der Waals surface area contributed by atoms with E-state index in [-0.39, 0.29) is 5.56 Å². The van der Waals surface area contributed by atoms with Crippen LogP contribution in [0.1, 0.15) is 54.8 Å². The molecule has 1 heterocycles. The second kappa shape index (κ2) is 5.68. The summed E-state index contributed by atoms with van der Waals surface area (Å²) in [6.07, 6.45) is 4.60. The normalized spacial score (nSPS) is 22.1. The van der Waals surface area contributed by atoms with Crippen molar-refractivity contribution in [2.75, 3.05) is 0 Å². The van der Waals surface area contributed by atoms with Gasteiger partial charge in [-0.2, -0.15) is 0 Å². The van der Waals surface area contributed by atoms with E-state index in [9.17, 15) is 4.79 Å². The highest BCUT2D eigenvalue weighted by Gasteiger charge is 2.24. The molecule has 1 aliphatic rings. The van der Waals surface area contributed by atoms with Crippen molar-refractivity contribution in [2.45, 2.75) is 38.5 Å². The first kappa shape index (κ1) is 13.8. The lowest BCUT2D eigenvalue weighted by Gasteiger charge is -2.23. The Morgan fingerprint density at radius 3 is 2.43 bits per heavy atom. The van der Waals surface area contributed by atoms with Crippen LogP contribution < -0.4 is 0 Å². The van der Waals surface area contributed by atoms with E-state index in [1.807, 2.05) is 0 Å². The van der Waals surface area contributed by atoms with Gasteiger partial charge >= 0.3 is 5.97 Å². The smallest absolute Gasteiger partial charge is 0.335 e. The van der Waals surface area contributed by atoms with Gasteiger partial charge in [-0.05, 0) is 55.9 Å². The molecule has 21 heavy (non-hydrogen) atoms. The Bertz CT molecular complexity index is 625. The van der Waals surface area contributed by atoms with Crippen molar-refractivity contribution in [2.24, 2.45) is 5.92 Å². The highest BCUT2D eigenvalue weighted by atomic mass is 16.4. The molecule has 3 rings (SSSR count). The lowest BCUT2D eigenvalue weighted by Crippen LogP contribution is -2.10. The molecule has 1 aliphatic carbocycles. The second-order valence-electron chi connectivity index (χ2n) is 5.78. The quantitative estimate of drug-likeness (QED) is 0.930. The van der Waals surface area contributed by atoms with Crippen LogP contribution in [-0.4, -0.2) is 21.3 Å². The zero-order valence-electron chi connectivity index (χ0n) is 12.0. The molecule has 110 valence electrons. The number of benzene rings is 1. The average molecular weight is 286 g/mol. The molecule has 0 amide bonds. The van der Waals surface area contributed by atoms with Crippen LogP contribution in [0.2, 0.25) is 0 Å². The van der Waals surface area contributed by atoms with Crippen LogP contribution in [0.15, 0.2) is 28.7 Å². The van der Waals surface area contributed by atoms with Crippen LogP contribution in [0, 0.1) is 5.92 Å². The molecular weight excluding hydrogens is 268 g/mol. The fraction of sp³-hybridized carbons (Fsp3) is 0.438. The molecule has 5 nitrogen and oxygen atoms in total. The zero-order valence-corrected chi connectivity index (χ0v) is 12.0. The lowest BCUT2D eigenvalue weighted by molar-refractivity contribution is 0.0697. The number of nitrogens with zero attached hydrogens (tertiary/aromatic N) is 2. The molecule has 1 aromatic heterocycles. The Morgan fingerprint density at radius 2 is 1.81 bits per heavy atom. The minimum absolute atomic E-state index is 0.250. The largest absolute Gasteiger partial charge is 0.478 e. The maximum Gasteiger partial charge on any atom is 0.335 e. The van der Waals surface area contributed by atoms with E-state index in [1.54, 1.807) is 24.3 Å². The molecule has 2 aromatic rings. The van der Waals surface area contributed by atoms with Gasteiger partial charge in [0.1, 0.15) is 0 Å². The van der Waals surface area contributed by atoms with Gasteiger partial charge in [0.05, 0.1) is 5.56 Å². The van der Waals surface area contributed by atoms with Gasteiger partial charge in [-0.25, -0.2) is 4.79 Å². The first-order valence-corrected chi connectivity index (χ1v) is 7.30. The Balaban J connectivity index is 1.76. The van der Waals surface area contributed by atoms with Crippen LogP contribution in [-0.2, 0) is 0 Å². The van der Waals surface area contributed by atoms with Crippen molar-refractivity contribution in [1.29, 1.82) is 0 Å². The molecule has 1 saturated carbocycles. The third kappa shape index (κ3) is 2.96. The molecule has 0 atom stereocenters. The first-order valence-electron chi connectivity index (χ1n) is 7.30. The standard InChI is InChI=1S/C16H18N2O3/c1-10-2-4-11(5-3-10)14-17-18-15(21-14)12-6-8-13(9-7-12)16(19)20/h6-11H,2-5H2,1H3,(H,19,20). The summed E-state index contributed by atoms with van der Waals surface area (Å²) in [6, 6.07) is 6.49. The van der Waals surface area contributed by atoms with Gasteiger partial charge in [0.25, 0.3) is 0 Å². The highest BCUT2D eigenvalue weighted by Crippen LogP contribution is 2.35. The van der Waals surface area contributed by atoms with Crippen LogP contribution in [0.5, 0.6) is 0 Å². The van der Waals surface area contributed by atoms with Gasteiger partial charge in [0.15, 0.2) is 0 Å². The van der Waals surface area contributed by atoms with Gasteiger partial charge < -0.3 is 9.52 Å². The number of carboxylic acid groups (broad SMARTS) is 1. The second-order valence-corrected chi connectivity index (χ2v) is 5.78. The molecule has 0 unspecified atom stereocenters. The molecule has 0 radical (unpaired) electrons. The van der Waals surface area contributed by atoms with Crippen LogP contribution >= 0.6 is 0 Å². The van der Waals surface area contributed by atoms with E-state index >= 15 is 0 Å². The summed E-state index contributed by atoms with van der Waals surface area (Å²) in [5, 5.41) is 17.1. The molecule has 5 heteroatoms. The maximum atomic E-state index is 10.8. The number of hydrogen-bond donors (Lipinski definition) is 1. The third-order valence-electron chi connectivity index (χ3n) is 4.18. The third-order valence-corrected chi connectivity index (χ3v) is 4.18. The Morgan fingerprint density at radius 1 is 1.14 bits per heavy atom. The van der Waals surface area contributed by atoms with Gasteiger partial charge in [-0.15, -0.1) is 10.2 Å². The minimum atomic E-state index is -0.941. The van der Waals surface area contributed by atoms with E-state index in [1.165, 1.54) is 12.8 Å². The van der Waals surface area contributed by atoms with E-state index in [0.29, 0.717) is 17.7 Å². The molecule has 0 bridgehead atoms. The summed E-state index contributed by atoms with van der Waals surface area (Å²) in [7, 11) is 0. The monoisotopic (exact) mass is 286 g/mol. The molecule has 0 spiro atoms. The molecule has 0 saturated heterocycles. The number of aromatic nitrogens is 2. The van der Waals surface area contributed by atoms with E-state index < -0.39 is 5.97 Å². The predicted octanol–water partition coefficient (Wildman–Crippen LogP) is 3.73. The van der Waals surface area contributed by atoms with Gasteiger partial charge in [-0.3, -0.25) is 0 Å². The van der Waals surface area contributed by atoms with Crippen molar-refractivity contribution in [1.82, 2.24) is 10.2 Å². The topological polar surface area (TPSA) is 76.2 Å². The number of aromatic carboxylic acids is 1. The highest BCUT2D eigenvalue weighted by molar-refractivity contribution is 5.88. The van der Waals surface area contributed by atoms with Crippen LogP contribution in [0.25, 0.3) is 11.5 Å². The summed E-state index contributed by atoms with van der Waals surface area (Å²) in [4.78, 5) is 10.8. The number of hydrogen-bond acceptors (Lipinski definition) is 4. The SMILES string of the molecule is CC1CCC(c2nnc(-c3ccc(C(=O)O)cc3)o2)CC1. The lowest BCUT2D eigenvalue weighted by atomic mass is 9.83. The first-order chi connectivity index (χ1) is 10.1. The van der Waals surface area contributed by atoms with E-state index in [2.05, 4.69) is 17.1 Å². The summed E-state index contributed by atoms with van der Waals surface area (Å²) in [5.41, 5.74) is 1.00. The van der Waals surface area contributed by atoms with Gasteiger partial charge in [0.2, 0.25) is 11.8 Å². The molecular formula is C16H18N2O3. The molecule has 1 fully saturated rings. The minimum Gasteiger partial charge on any atom is -0.478 e. The predicted molar refractivity (Wildman–Crippen MR) is 77.1 cm³/mol. The van der Waals surface area contributed by atoms with E-state index in [4.69, 9.17) is 9.52 Å². The van der Waals surface area contributed by atoms with Crippen molar-refractivity contribution in [3.8, 4) is 11.5 Å². The van der Waals surface area contributed by atoms with Crippen molar-refractivity contribution < 1.29 is 14.3 Å². The van der Waals surface area contributed by atoms with Crippen molar-refractivity contribution in [3.05, 3.63) is 35.7 Å². The summed E-state index contributed by atoms with van der Waals surface area (Å²) < 4.78 is 5.78. The Kier molecular flexibility index (Phi) is 3.73. The van der Waals surface area contributed by atoms with Crippen molar-refractivity contribution in [3.63, 3.8) is 0 Å². The summed E-state index contributed by atoms with van der Waals surface area (Å²) in [5.74, 6) is 1.37.